The van der Waals surface area contributed by atoms with Gasteiger partial charge in [-0.2, -0.15) is 0 Å². The van der Waals surface area contributed by atoms with Crippen molar-refractivity contribution in [1.82, 2.24) is 9.80 Å². The van der Waals surface area contributed by atoms with E-state index in [1.807, 2.05) is 15.2 Å². The second kappa shape index (κ2) is 6.80. The lowest BCUT2D eigenvalue weighted by atomic mass is 9.84. The van der Waals surface area contributed by atoms with Gasteiger partial charge in [0, 0.05) is 19.1 Å². The Kier molecular flexibility index (Phi) is 4.67. The van der Waals surface area contributed by atoms with Gasteiger partial charge in [-0.15, -0.1) is 11.3 Å². The SMILES string of the molecule is O=C(c1sccc1Cl)N1CCC(N2CC3(CCCCC3)OC2=O)CC1. The highest BCUT2D eigenvalue weighted by atomic mass is 35.5. The van der Waals surface area contributed by atoms with Gasteiger partial charge >= 0.3 is 6.09 Å². The average molecular weight is 383 g/mol. The van der Waals surface area contributed by atoms with Crippen LogP contribution in [0.3, 0.4) is 0 Å². The Morgan fingerprint density at radius 3 is 2.60 bits per heavy atom. The molecule has 4 rings (SSSR count). The molecule has 0 N–H and O–H groups in total. The van der Waals surface area contributed by atoms with E-state index in [4.69, 9.17) is 16.3 Å². The first-order chi connectivity index (χ1) is 12.1. The molecule has 0 radical (unpaired) electrons. The van der Waals surface area contributed by atoms with Crippen LogP contribution in [0.2, 0.25) is 5.02 Å². The molecule has 3 fully saturated rings. The Morgan fingerprint density at radius 1 is 1.24 bits per heavy atom. The number of piperidine rings is 1. The zero-order valence-corrected chi connectivity index (χ0v) is 15.8. The van der Waals surface area contributed by atoms with Gasteiger partial charge in [0.15, 0.2) is 0 Å². The van der Waals surface area contributed by atoms with Crippen molar-refractivity contribution >= 4 is 34.9 Å². The van der Waals surface area contributed by atoms with E-state index in [2.05, 4.69) is 0 Å². The van der Waals surface area contributed by atoms with Crippen LogP contribution in [0.4, 0.5) is 4.79 Å². The molecule has 1 aliphatic carbocycles. The summed E-state index contributed by atoms with van der Waals surface area (Å²) in [6, 6.07) is 1.94. The van der Waals surface area contributed by atoms with Gasteiger partial charge in [-0.05, 0) is 50.0 Å². The monoisotopic (exact) mass is 382 g/mol. The summed E-state index contributed by atoms with van der Waals surface area (Å²) >= 11 is 7.47. The topological polar surface area (TPSA) is 49.9 Å². The van der Waals surface area contributed by atoms with Gasteiger partial charge in [-0.1, -0.05) is 18.0 Å². The number of hydrogen-bond acceptors (Lipinski definition) is 4. The Morgan fingerprint density at radius 2 is 1.96 bits per heavy atom. The van der Waals surface area contributed by atoms with Crippen LogP contribution >= 0.6 is 22.9 Å². The molecule has 1 spiro atoms. The van der Waals surface area contributed by atoms with Crippen LogP contribution in [0.15, 0.2) is 11.4 Å². The third-order valence-corrected chi connectivity index (χ3v) is 7.09. The molecule has 7 heteroatoms. The van der Waals surface area contributed by atoms with Gasteiger partial charge in [0.25, 0.3) is 5.91 Å². The van der Waals surface area contributed by atoms with Gasteiger partial charge in [0.2, 0.25) is 0 Å². The summed E-state index contributed by atoms with van der Waals surface area (Å²) in [6.07, 6.45) is 6.97. The van der Waals surface area contributed by atoms with Crippen LogP contribution in [0.1, 0.15) is 54.6 Å². The van der Waals surface area contributed by atoms with E-state index in [0.29, 0.717) is 23.0 Å². The van der Waals surface area contributed by atoms with E-state index in [0.717, 1.165) is 45.1 Å². The fraction of sp³-hybridized carbons (Fsp3) is 0.667. The van der Waals surface area contributed by atoms with E-state index in [1.165, 1.54) is 17.8 Å². The third kappa shape index (κ3) is 3.26. The lowest BCUT2D eigenvalue weighted by molar-refractivity contribution is 0.0259. The van der Waals surface area contributed by atoms with Gasteiger partial charge < -0.3 is 14.5 Å². The maximum Gasteiger partial charge on any atom is 0.410 e. The minimum atomic E-state index is -0.243. The van der Waals surface area contributed by atoms with Crippen molar-refractivity contribution in [2.45, 2.75) is 56.6 Å². The maximum atomic E-state index is 12.6. The van der Waals surface area contributed by atoms with Crippen molar-refractivity contribution in [3.63, 3.8) is 0 Å². The second-order valence-electron chi connectivity index (χ2n) is 7.36. The van der Waals surface area contributed by atoms with E-state index in [9.17, 15) is 9.59 Å². The smallest absolute Gasteiger partial charge is 0.410 e. The minimum Gasteiger partial charge on any atom is -0.441 e. The standard InChI is InChI=1S/C18H23ClN2O3S/c19-14-6-11-25-15(14)16(22)20-9-4-13(5-10-20)21-12-18(24-17(21)23)7-2-1-3-8-18/h6,11,13H,1-5,7-10,12H2. The molecule has 0 aromatic carbocycles. The number of amides is 2. The van der Waals surface area contributed by atoms with Gasteiger partial charge in [0.05, 0.1) is 11.6 Å². The molecule has 2 amide bonds. The molecule has 1 aromatic heterocycles. The van der Waals surface area contributed by atoms with Gasteiger partial charge in [-0.3, -0.25) is 4.79 Å². The molecule has 0 bridgehead atoms. The summed E-state index contributed by atoms with van der Waals surface area (Å²) in [7, 11) is 0. The van der Waals surface area contributed by atoms with E-state index >= 15 is 0 Å². The Balaban J connectivity index is 1.36. The van der Waals surface area contributed by atoms with E-state index in [-0.39, 0.29) is 23.6 Å². The molecular formula is C18H23ClN2O3S. The molecule has 136 valence electrons. The lowest BCUT2D eigenvalue weighted by Gasteiger charge is -2.36. The minimum absolute atomic E-state index is 0.00574. The summed E-state index contributed by atoms with van der Waals surface area (Å²) in [5.74, 6) is 0.00574. The number of hydrogen-bond donors (Lipinski definition) is 0. The van der Waals surface area contributed by atoms with Crippen molar-refractivity contribution in [2.75, 3.05) is 19.6 Å². The van der Waals surface area contributed by atoms with E-state index < -0.39 is 0 Å². The Bertz CT molecular complexity index is 663. The predicted octanol–water partition coefficient (Wildman–Crippen LogP) is 4.16. The van der Waals surface area contributed by atoms with Gasteiger partial charge in [-0.25, -0.2) is 4.79 Å². The third-order valence-electron chi connectivity index (χ3n) is 5.77. The maximum absolute atomic E-state index is 12.6. The molecular weight excluding hydrogens is 360 g/mol. The van der Waals surface area contributed by atoms with Crippen LogP contribution in [0.25, 0.3) is 0 Å². The molecule has 2 saturated heterocycles. The number of likely N-dealkylation sites (tertiary alicyclic amines) is 1. The highest BCUT2D eigenvalue weighted by molar-refractivity contribution is 7.12. The highest BCUT2D eigenvalue weighted by Gasteiger charge is 2.48. The quantitative estimate of drug-likeness (QED) is 0.771. The summed E-state index contributed by atoms with van der Waals surface area (Å²) in [4.78, 5) is 29.4. The van der Waals surface area contributed by atoms with Crippen molar-refractivity contribution < 1.29 is 14.3 Å². The van der Waals surface area contributed by atoms with Crippen LogP contribution in [-0.4, -0.2) is 53.1 Å². The molecule has 2 aliphatic heterocycles. The fourth-order valence-corrected chi connectivity index (χ4v) is 5.46. The molecule has 3 aliphatic rings. The van der Waals surface area contributed by atoms with Crippen LogP contribution < -0.4 is 0 Å². The molecule has 5 nitrogen and oxygen atoms in total. The van der Waals surface area contributed by atoms with Crippen LogP contribution in [0, 0.1) is 0 Å². The Labute approximate surface area is 156 Å². The number of halogens is 1. The Hall–Kier alpha value is -1.27. The number of carbonyl (C=O) groups excluding carboxylic acids is 2. The fourth-order valence-electron chi connectivity index (χ4n) is 4.36. The normalized spacial score (nSPS) is 24.0. The van der Waals surface area contributed by atoms with Crippen molar-refractivity contribution in [3.8, 4) is 0 Å². The van der Waals surface area contributed by atoms with Crippen molar-refractivity contribution in [3.05, 3.63) is 21.3 Å². The first-order valence-electron chi connectivity index (χ1n) is 9.10. The number of nitrogens with zero attached hydrogens (tertiary/aromatic N) is 2. The molecule has 0 atom stereocenters. The summed E-state index contributed by atoms with van der Waals surface area (Å²) in [5.41, 5.74) is -0.243. The number of carbonyl (C=O) groups is 2. The zero-order valence-electron chi connectivity index (χ0n) is 14.2. The lowest BCUT2D eigenvalue weighted by Crippen LogP contribution is -2.48. The molecule has 1 aromatic rings. The molecule has 0 unspecified atom stereocenters. The largest absolute Gasteiger partial charge is 0.441 e. The summed E-state index contributed by atoms with van der Waals surface area (Å²) in [6.45, 7) is 2.05. The van der Waals surface area contributed by atoms with E-state index in [1.54, 1.807) is 6.07 Å². The van der Waals surface area contributed by atoms with Crippen LogP contribution in [0.5, 0.6) is 0 Å². The number of ether oxygens (including phenoxy) is 1. The van der Waals surface area contributed by atoms with Crippen molar-refractivity contribution in [2.24, 2.45) is 0 Å². The highest BCUT2D eigenvalue weighted by Crippen LogP contribution is 2.39. The average Bonchev–Trinajstić information content (AvgIpc) is 3.18. The molecule has 1 saturated carbocycles. The molecule has 3 heterocycles. The van der Waals surface area contributed by atoms with Crippen molar-refractivity contribution in [1.29, 1.82) is 0 Å². The predicted molar refractivity (Wildman–Crippen MR) is 97.3 cm³/mol. The molecule has 25 heavy (non-hydrogen) atoms. The summed E-state index contributed by atoms with van der Waals surface area (Å²) in [5, 5.41) is 2.37. The second-order valence-corrected chi connectivity index (χ2v) is 8.68. The zero-order chi connectivity index (χ0) is 17.4. The first kappa shape index (κ1) is 17.2. The van der Waals surface area contributed by atoms with Crippen LogP contribution in [-0.2, 0) is 4.74 Å². The first-order valence-corrected chi connectivity index (χ1v) is 10.4. The number of thiophene rings is 1. The number of rotatable bonds is 2. The van der Waals surface area contributed by atoms with Gasteiger partial charge in [0.1, 0.15) is 10.5 Å². The summed E-state index contributed by atoms with van der Waals surface area (Å²) < 4.78 is 5.80.